The summed E-state index contributed by atoms with van der Waals surface area (Å²) in [6.07, 6.45) is 3.51. The minimum Gasteiger partial charge on any atom is -0.393 e. The van der Waals surface area contributed by atoms with Crippen LogP contribution in [-0.4, -0.2) is 23.8 Å². The standard InChI is InChI=1S/C7H13NO/c9-7-3-6-2-1-5(7)4-8-6/h5-9H,1-4H2/t5-,6?,7+/m0/s1. The van der Waals surface area contributed by atoms with Crippen LogP contribution in [0.5, 0.6) is 0 Å². The second-order valence-electron chi connectivity index (χ2n) is 3.25. The Hall–Kier alpha value is -0.0800. The first-order chi connectivity index (χ1) is 4.36. The van der Waals surface area contributed by atoms with Gasteiger partial charge < -0.3 is 10.4 Å². The van der Waals surface area contributed by atoms with E-state index < -0.39 is 0 Å². The summed E-state index contributed by atoms with van der Waals surface area (Å²) in [4.78, 5) is 0. The molecule has 1 unspecified atom stereocenters. The molecular formula is C7H13NO. The van der Waals surface area contributed by atoms with Gasteiger partial charge in [-0.1, -0.05) is 0 Å². The molecule has 3 rings (SSSR count). The van der Waals surface area contributed by atoms with Crippen molar-refractivity contribution in [1.29, 1.82) is 0 Å². The van der Waals surface area contributed by atoms with Crippen LogP contribution in [-0.2, 0) is 0 Å². The minimum absolute atomic E-state index is 0.00463. The highest BCUT2D eigenvalue weighted by atomic mass is 16.3. The molecule has 2 bridgehead atoms. The van der Waals surface area contributed by atoms with Gasteiger partial charge in [0.2, 0.25) is 0 Å². The lowest BCUT2D eigenvalue weighted by Crippen LogP contribution is -2.51. The number of fused-ring (bicyclic) bond motifs is 3. The van der Waals surface area contributed by atoms with Crippen LogP contribution in [0, 0.1) is 5.92 Å². The summed E-state index contributed by atoms with van der Waals surface area (Å²) in [7, 11) is 0. The highest BCUT2D eigenvalue weighted by molar-refractivity contribution is 4.90. The van der Waals surface area contributed by atoms with Gasteiger partial charge in [0.25, 0.3) is 0 Å². The fourth-order valence-electron chi connectivity index (χ4n) is 1.95. The van der Waals surface area contributed by atoms with E-state index in [9.17, 15) is 5.11 Å². The summed E-state index contributed by atoms with van der Waals surface area (Å²) in [6, 6.07) is 0.630. The van der Waals surface area contributed by atoms with Crippen molar-refractivity contribution in [3.8, 4) is 0 Å². The predicted molar refractivity (Wildman–Crippen MR) is 35.1 cm³/mol. The summed E-state index contributed by atoms with van der Waals surface area (Å²) in [5.41, 5.74) is 0. The van der Waals surface area contributed by atoms with Crippen molar-refractivity contribution in [3.05, 3.63) is 0 Å². The van der Waals surface area contributed by atoms with Gasteiger partial charge in [0, 0.05) is 12.6 Å². The Morgan fingerprint density at radius 1 is 1.33 bits per heavy atom. The molecule has 3 atom stereocenters. The lowest BCUT2D eigenvalue weighted by atomic mass is 9.79. The molecule has 3 aliphatic rings. The minimum atomic E-state index is 0.00463. The smallest absolute Gasteiger partial charge is 0.0595 e. The Kier molecular flexibility index (Phi) is 1.24. The topological polar surface area (TPSA) is 32.3 Å². The van der Waals surface area contributed by atoms with Crippen LogP contribution < -0.4 is 5.32 Å². The number of nitrogens with one attached hydrogen (secondary N) is 1. The third kappa shape index (κ3) is 0.864. The maximum Gasteiger partial charge on any atom is 0.0595 e. The lowest BCUT2D eigenvalue weighted by Gasteiger charge is -2.40. The van der Waals surface area contributed by atoms with E-state index in [-0.39, 0.29) is 6.10 Å². The summed E-state index contributed by atoms with van der Waals surface area (Å²) >= 11 is 0. The van der Waals surface area contributed by atoms with E-state index in [1.165, 1.54) is 12.8 Å². The quantitative estimate of drug-likeness (QED) is 0.484. The molecule has 1 saturated carbocycles. The van der Waals surface area contributed by atoms with Crippen LogP contribution in [0.1, 0.15) is 19.3 Å². The maximum absolute atomic E-state index is 9.36. The summed E-state index contributed by atoms with van der Waals surface area (Å²) in [5, 5.41) is 12.7. The molecule has 0 aromatic heterocycles. The summed E-state index contributed by atoms with van der Waals surface area (Å²) in [5.74, 6) is 0.565. The Balaban J connectivity index is 2.06. The number of hydrogen-bond donors (Lipinski definition) is 2. The Morgan fingerprint density at radius 3 is 2.44 bits per heavy atom. The van der Waals surface area contributed by atoms with E-state index in [2.05, 4.69) is 5.32 Å². The van der Waals surface area contributed by atoms with E-state index in [0.29, 0.717) is 12.0 Å². The van der Waals surface area contributed by atoms with Gasteiger partial charge in [-0.25, -0.2) is 0 Å². The normalized spacial score (nSPS) is 49.7. The number of rotatable bonds is 0. The second-order valence-corrected chi connectivity index (χ2v) is 3.25. The molecule has 1 aliphatic carbocycles. The molecule has 0 aromatic rings. The van der Waals surface area contributed by atoms with Gasteiger partial charge in [0.1, 0.15) is 0 Å². The van der Waals surface area contributed by atoms with Crippen molar-refractivity contribution in [1.82, 2.24) is 5.32 Å². The van der Waals surface area contributed by atoms with Crippen LogP contribution >= 0.6 is 0 Å². The predicted octanol–water partition coefficient (Wildman–Crippen LogP) is 0.119. The van der Waals surface area contributed by atoms with Gasteiger partial charge >= 0.3 is 0 Å². The van der Waals surface area contributed by atoms with E-state index in [0.717, 1.165) is 13.0 Å². The Bertz CT molecular complexity index is 107. The molecule has 2 heteroatoms. The first-order valence-corrected chi connectivity index (χ1v) is 3.78. The molecule has 0 spiro atoms. The Labute approximate surface area is 55.3 Å². The fourth-order valence-corrected chi connectivity index (χ4v) is 1.95. The third-order valence-electron chi connectivity index (χ3n) is 2.62. The fraction of sp³-hybridized carbons (Fsp3) is 1.00. The summed E-state index contributed by atoms with van der Waals surface area (Å²) in [6.45, 7) is 1.05. The van der Waals surface area contributed by atoms with E-state index >= 15 is 0 Å². The average Bonchev–Trinajstić information content (AvgIpc) is 1.90. The first-order valence-electron chi connectivity index (χ1n) is 3.78. The van der Waals surface area contributed by atoms with Gasteiger partial charge in [-0.3, -0.25) is 0 Å². The molecule has 3 fully saturated rings. The van der Waals surface area contributed by atoms with Crippen LogP contribution in [0.4, 0.5) is 0 Å². The zero-order valence-corrected chi connectivity index (χ0v) is 5.51. The van der Waals surface area contributed by atoms with Crippen molar-refractivity contribution in [2.75, 3.05) is 6.54 Å². The molecule has 2 nitrogen and oxygen atoms in total. The lowest BCUT2D eigenvalue weighted by molar-refractivity contribution is 0.0228. The van der Waals surface area contributed by atoms with Gasteiger partial charge in [-0.2, -0.15) is 0 Å². The molecule has 2 saturated heterocycles. The first kappa shape index (κ1) is 5.69. The molecule has 2 aliphatic heterocycles. The highest BCUT2D eigenvalue weighted by Crippen LogP contribution is 2.28. The van der Waals surface area contributed by atoms with Crippen molar-refractivity contribution in [2.45, 2.75) is 31.4 Å². The molecule has 9 heavy (non-hydrogen) atoms. The van der Waals surface area contributed by atoms with Crippen LogP contribution in [0.15, 0.2) is 0 Å². The Morgan fingerprint density at radius 2 is 2.22 bits per heavy atom. The van der Waals surface area contributed by atoms with Crippen LogP contribution in [0.2, 0.25) is 0 Å². The monoisotopic (exact) mass is 127 g/mol. The number of hydrogen-bond acceptors (Lipinski definition) is 2. The van der Waals surface area contributed by atoms with Gasteiger partial charge in [0.05, 0.1) is 6.10 Å². The van der Waals surface area contributed by atoms with Gasteiger partial charge in [-0.15, -0.1) is 0 Å². The van der Waals surface area contributed by atoms with E-state index in [4.69, 9.17) is 0 Å². The third-order valence-corrected chi connectivity index (χ3v) is 2.62. The molecule has 0 radical (unpaired) electrons. The molecule has 2 heterocycles. The zero-order valence-electron chi connectivity index (χ0n) is 5.51. The number of piperidine rings is 2. The van der Waals surface area contributed by atoms with E-state index in [1.54, 1.807) is 0 Å². The number of aliphatic hydroxyl groups excluding tert-OH is 1. The average molecular weight is 127 g/mol. The van der Waals surface area contributed by atoms with Crippen LogP contribution in [0.3, 0.4) is 0 Å². The molecule has 0 aromatic carbocycles. The van der Waals surface area contributed by atoms with Gasteiger partial charge in [-0.05, 0) is 25.2 Å². The molecular weight excluding hydrogens is 114 g/mol. The second kappa shape index (κ2) is 1.96. The maximum atomic E-state index is 9.36. The SMILES string of the molecule is O[C@@H]1CC2CC[C@H]1CN2. The highest BCUT2D eigenvalue weighted by Gasteiger charge is 2.33. The molecule has 52 valence electrons. The number of aliphatic hydroxyl groups is 1. The zero-order chi connectivity index (χ0) is 6.27. The van der Waals surface area contributed by atoms with Crippen LogP contribution in [0.25, 0.3) is 0 Å². The van der Waals surface area contributed by atoms with Crippen molar-refractivity contribution >= 4 is 0 Å². The summed E-state index contributed by atoms with van der Waals surface area (Å²) < 4.78 is 0. The van der Waals surface area contributed by atoms with Gasteiger partial charge in [0.15, 0.2) is 0 Å². The van der Waals surface area contributed by atoms with Crippen molar-refractivity contribution < 1.29 is 5.11 Å². The molecule has 2 N–H and O–H groups in total. The molecule has 0 amide bonds. The largest absolute Gasteiger partial charge is 0.393 e. The van der Waals surface area contributed by atoms with E-state index in [1.807, 2.05) is 0 Å². The van der Waals surface area contributed by atoms with Crippen molar-refractivity contribution in [2.24, 2.45) is 5.92 Å². The van der Waals surface area contributed by atoms with Crippen molar-refractivity contribution in [3.63, 3.8) is 0 Å².